The monoisotopic (exact) mass is 299 g/mol. The van der Waals surface area contributed by atoms with Crippen molar-refractivity contribution in [2.45, 2.75) is 19.8 Å². The lowest BCUT2D eigenvalue weighted by atomic mass is 9.96. The molecule has 0 saturated carbocycles. The van der Waals surface area contributed by atoms with Gasteiger partial charge in [-0.25, -0.2) is 0 Å². The number of methoxy groups -OCH3 is 1. The quantitative estimate of drug-likeness (QED) is 0.637. The van der Waals surface area contributed by atoms with Crippen molar-refractivity contribution in [3.8, 4) is 0 Å². The summed E-state index contributed by atoms with van der Waals surface area (Å²) in [6.07, 6.45) is 2.11. The van der Waals surface area contributed by atoms with Gasteiger partial charge in [0, 0.05) is 31.9 Å². The van der Waals surface area contributed by atoms with Crippen LogP contribution in [0.25, 0.3) is 0 Å². The molecular weight excluding hydrogens is 274 g/mol. The molecule has 0 saturated heterocycles. The number of hydrogen-bond donors (Lipinski definition) is 1. The first-order chi connectivity index (χ1) is 9.76. The van der Waals surface area contributed by atoms with Crippen LogP contribution in [0.3, 0.4) is 0 Å². The molecule has 20 heavy (non-hydrogen) atoms. The molecular formula is C16H26ClNO2. The van der Waals surface area contributed by atoms with Crippen LogP contribution < -0.4 is 5.32 Å². The molecule has 1 rings (SSSR count). The highest BCUT2D eigenvalue weighted by atomic mass is 35.5. The Kier molecular flexibility index (Phi) is 9.67. The summed E-state index contributed by atoms with van der Waals surface area (Å²) >= 11 is 5.92. The van der Waals surface area contributed by atoms with Crippen molar-refractivity contribution in [1.82, 2.24) is 5.32 Å². The molecule has 4 heteroatoms. The van der Waals surface area contributed by atoms with Crippen molar-refractivity contribution in [2.75, 3.05) is 40.0 Å². The Morgan fingerprint density at radius 2 is 1.95 bits per heavy atom. The molecule has 0 fully saturated rings. The summed E-state index contributed by atoms with van der Waals surface area (Å²) in [5, 5.41) is 4.23. The zero-order valence-corrected chi connectivity index (χ0v) is 13.3. The standard InChI is InChI=1S/C16H26ClNO2/c1-3-20-10-8-15(13-18-9-11-19-2)12-14-4-6-16(17)7-5-14/h4-7,15,18H,3,8-13H2,1-2H3. The number of hydrogen-bond acceptors (Lipinski definition) is 3. The van der Waals surface area contributed by atoms with Crippen molar-refractivity contribution in [3.63, 3.8) is 0 Å². The van der Waals surface area contributed by atoms with E-state index in [1.165, 1.54) is 5.56 Å². The maximum atomic E-state index is 5.92. The Bertz CT molecular complexity index is 343. The van der Waals surface area contributed by atoms with E-state index in [4.69, 9.17) is 21.1 Å². The second-order valence-corrected chi connectivity index (χ2v) is 5.32. The predicted octanol–water partition coefficient (Wildman–Crippen LogP) is 3.16. The third-order valence-electron chi connectivity index (χ3n) is 3.23. The van der Waals surface area contributed by atoms with E-state index in [1.807, 2.05) is 19.1 Å². The van der Waals surface area contributed by atoms with Crippen LogP contribution in [0.5, 0.6) is 0 Å². The van der Waals surface area contributed by atoms with Crippen LogP contribution in [-0.4, -0.2) is 40.0 Å². The summed E-state index contributed by atoms with van der Waals surface area (Å²) in [7, 11) is 1.72. The normalized spacial score (nSPS) is 12.6. The molecule has 1 unspecified atom stereocenters. The molecule has 0 aliphatic carbocycles. The maximum Gasteiger partial charge on any atom is 0.0587 e. The topological polar surface area (TPSA) is 30.5 Å². The minimum Gasteiger partial charge on any atom is -0.383 e. The molecule has 0 radical (unpaired) electrons. The van der Waals surface area contributed by atoms with E-state index in [1.54, 1.807) is 7.11 Å². The summed E-state index contributed by atoms with van der Waals surface area (Å²) in [6.45, 7) is 6.26. The number of halogens is 1. The second kappa shape index (κ2) is 11.1. The molecule has 1 aromatic carbocycles. The average molecular weight is 300 g/mol. The first kappa shape index (κ1) is 17.4. The van der Waals surface area contributed by atoms with Gasteiger partial charge in [0.2, 0.25) is 0 Å². The first-order valence-electron chi connectivity index (χ1n) is 7.28. The smallest absolute Gasteiger partial charge is 0.0587 e. The fourth-order valence-electron chi connectivity index (χ4n) is 2.10. The number of ether oxygens (including phenoxy) is 2. The zero-order valence-electron chi connectivity index (χ0n) is 12.5. The molecule has 3 nitrogen and oxygen atoms in total. The number of nitrogens with one attached hydrogen (secondary N) is 1. The molecule has 0 amide bonds. The summed E-state index contributed by atoms with van der Waals surface area (Å²) in [5.41, 5.74) is 1.32. The van der Waals surface area contributed by atoms with Gasteiger partial charge in [0.25, 0.3) is 0 Å². The van der Waals surface area contributed by atoms with E-state index in [0.29, 0.717) is 5.92 Å². The summed E-state index contributed by atoms with van der Waals surface area (Å²) in [5.74, 6) is 0.569. The van der Waals surface area contributed by atoms with Crippen molar-refractivity contribution in [2.24, 2.45) is 5.92 Å². The lowest BCUT2D eigenvalue weighted by Gasteiger charge is -2.18. The van der Waals surface area contributed by atoms with Gasteiger partial charge in [-0.05, 0) is 49.9 Å². The van der Waals surface area contributed by atoms with Crippen molar-refractivity contribution >= 4 is 11.6 Å². The van der Waals surface area contributed by atoms with Gasteiger partial charge in [0.1, 0.15) is 0 Å². The van der Waals surface area contributed by atoms with Crippen LogP contribution in [0, 0.1) is 5.92 Å². The molecule has 0 aliphatic rings. The van der Waals surface area contributed by atoms with Gasteiger partial charge in [-0.3, -0.25) is 0 Å². The van der Waals surface area contributed by atoms with Gasteiger partial charge in [-0.15, -0.1) is 0 Å². The minimum atomic E-state index is 0.569. The Hall–Kier alpha value is -0.610. The molecule has 1 N–H and O–H groups in total. The summed E-state index contributed by atoms with van der Waals surface area (Å²) in [6, 6.07) is 8.11. The molecule has 0 spiro atoms. The highest BCUT2D eigenvalue weighted by Crippen LogP contribution is 2.15. The third-order valence-corrected chi connectivity index (χ3v) is 3.48. The van der Waals surface area contributed by atoms with Crippen molar-refractivity contribution < 1.29 is 9.47 Å². The molecule has 0 bridgehead atoms. The van der Waals surface area contributed by atoms with E-state index in [2.05, 4.69) is 17.4 Å². The average Bonchev–Trinajstić information content (AvgIpc) is 2.46. The Morgan fingerprint density at radius 3 is 2.60 bits per heavy atom. The van der Waals surface area contributed by atoms with Crippen LogP contribution in [0.1, 0.15) is 18.9 Å². The largest absolute Gasteiger partial charge is 0.383 e. The van der Waals surface area contributed by atoms with E-state index >= 15 is 0 Å². The third kappa shape index (κ3) is 7.85. The van der Waals surface area contributed by atoms with Crippen molar-refractivity contribution in [1.29, 1.82) is 0 Å². The van der Waals surface area contributed by atoms with Gasteiger partial charge < -0.3 is 14.8 Å². The molecule has 114 valence electrons. The van der Waals surface area contributed by atoms with Gasteiger partial charge in [-0.2, -0.15) is 0 Å². The fourth-order valence-corrected chi connectivity index (χ4v) is 2.23. The first-order valence-corrected chi connectivity index (χ1v) is 7.66. The van der Waals surface area contributed by atoms with E-state index in [9.17, 15) is 0 Å². The number of benzene rings is 1. The molecule has 0 aromatic heterocycles. The minimum absolute atomic E-state index is 0.569. The van der Waals surface area contributed by atoms with Crippen LogP contribution in [0.2, 0.25) is 5.02 Å². The zero-order chi connectivity index (χ0) is 14.6. The molecule has 0 heterocycles. The Morgan fingerprint density at radius 1 is 1.20 bits per heavy atom. The second-order valence-electron chi connectivity index (χ2n) is 4.88. The molecule has 1 atom stereocenters. The Labute approximate surface area is 127 Å². The number of rotatable bonds is 11. The lowest BCUT2D eigenvalue weighted by Crippen LogP contribution is -2.28. The summed E-state index contributed by atoms with van der Waals surface area (Å²) < 4.78 is 10.5. The van der Waals surface area contributed by atoms with Crippen LogP contribution in [0.4, 0.5) is 0 Å². The lowest BCUT2D eigenvalue weighted by molar-refractivity contribution is 0.130. The van der Waals surface area contributed by atoms with Gasteiger partial charge in [-0.1, -0.05) is 23.7 Å². The highest BCUT2D eigenvalue weighted by Gasteiger charge is 2.09. The van der Waals surface area contributed by atoms with E-state index in [0.717, 1.165) is 50.8 Å². The van der Waals surface area contributed by atoms with E-state index < -0.39 is 0 Å². The fraction of sp³-hybridized carbons (Fsp3) is 0.625. The van der Waals surface area contributed by atoms with Crippen molar-refractivity contribution in [3.05, 3.63) is 34.9 Å². The SMILES string of the molecule is CCOCCC(CNCCOC)Cc1ccc(Cl)cc1. The predicted molar refractivity (Wildman–Crippen MR) is 84.5 cm³/mol. The molecule has 0 aliphatic heterocycles. The van der Waals surface area contributed by atoms with Gasteiger partial charge in [0.15, 0.2) is 0 Å². The highest BCUT2D eigenvalue weighted by molar-refractivity contribution is 6.30. The van der Waals surface area contributed by atoms with Gasteiger partial charge >= 0.3 is 0 Å². The van der Waals surface area contributed by atoms with Crippen LogP contribution in [0.15, 0.2) is 24.3 Å². The van der Waals surface area contributed by atoms with Crippen LogP contribution in [-0.2, 0) is 15.9 Å². The van der Waals surface area contributed by atoms with E-state index in [-0.39, 0.29) is 0 Å². The maximum absolute atomic E-state index is 5.92. The Balaban J connectivity index is 2.41. The van der Waals surface area contributed by atoms with Crippen LogP contribution >= 0.6 is 11.6 Å². The molecule has 1 aromatic rings. The van der Waals surface area contributed by atoms with Gasteiger partial charge in [0.05, 0.1) is 6.61 Å². The summed E-state index contributed by atoms with van der Waals surface area (Å²) in [4.78, 5) is 0.